The number of alkyl halides is 3. The second kappa shape index (κ2) is 5.21. The zero-order valence-corrected chi connectivity index (χ0v) is 8.81. The van der Waals surface area contributed by atoms with Crippen LogP contribution in [-0.4, -0.2) is 19.1 Å². The molecule has 0 radical (unpaired) electrons. The van der Waals surface area contributed by atoms with Crippen LogP contribution < -0.4 is 4.74 Å². The molecule has 1 rings (SSSR count). The quantitative estimate of drug-likeness (QED) is 0.770. The minimum absolute atomic E-state index is 0.0221. The molecule has 0 aliphatic heterocycles. The molecule has 6 heteroatoms. The Hall–Kier alpha value is -1.23. The van der Waals surface area contributed by atoms with Crippen molar-refractivity contribution in [2.75, 3.05) is 6.61 Å². The van der Waals surface area contributed by atoms with E-state index in [2.05, 4.69) is 4.74 Å². The van der Waals surface area contributed by atoms with Crippen molar-refractivity contribution in [2.45, 2.75) is 12.6 Å². The van der Waals surface area contributed by atoms with Crippen molar-refractivity contribution in [1.29, 1.82) is 0 Å². The summed E-state index contributed by atoms with van der Waals surface area (Å²) in [4.78, 5) is 10.3. The van der Waals surface area contributed by atoms with Crippen LogP contribution in [0.3, 0.4) is 0 Å². The Labute approximate surface area is 95.0 Å². The molecule has 16 heavy (non-hydrogen) atoms. The van der Waals surface area contributed by atoms with Crippen LogP contribution >= 0.6 is 11.6 Å². The summed E-state index contributed by atoms with van der Waals surface area (Å²) in [5, 5.41) is 0.344. The fourth-order valence-corrected chi connectivity index (χ4v) is 1.29. The monoisotopic (exact) mass is 252 g/mol. The summed E-state index contributed by atoms with van der Waals surface area (Å²) in [7, 11) is 0. The molecule has 0 aliphatic carbocycles. The van der Waals surface area contributed by atoms with Gasteiger partial charge in [-0.15, -0.1) is 0 Å². The van der Waals surface area contributed by atoms with Gasteiger partial charge in [-0.2, -0.15) is 13.2 Å². The average molecular weight is 253 g/mol. The maximum Gasteiger partial charge on any atom is 0.422 e. The fourth-order valence-electron chi connectivity index (χ4n) is 1.10. The highest BCUT2D eigenvalue weighted by atomic mass is 35.5. The molecule has 0 spiro atoms. The van der Waals surface area contributed by atoms with Crippen LogP contribution in [-0.2, 0) is 11.2 Å². The van der Waals surface area contributed by atoms with Crippen molar-refractivity contribution < 1.29 is 22.7 Å². The Morgan fingerprint density at radius 3 is 2.62 bits per heavy atom. The summed E-state index contributed by atoms with van der Waals surface area (Å²) >= 11 is 5.65. The van der Waals surface area contributed by atoms with E-state index in [9.17, 15) is 18.0 Å². The van der Waals surface area contributed by atoms with Gasteiger partial charge in [0.05, 0.1) is 0 Å². The molecule has 0 heterocycles. The zero-order chi connectivity index (χ0) is 12.2. The molecule has 88 valence electrons. The van der Waals surface area contributed by atoms with E-state index < -0.39 is 12.8 Å². The van der Waals surface area contributed by atoms with Crippen LogP contribution in [0.1, 0.15) is 5.56 Å². The number of hydrogen-bond acceptors (Lipinski definition) is 2. The lowest BCUT2D eigenvalue weighted by Gasteiger charge is -2.12. The van der Waals surface area contributed by atoms with Crippen molar-refractivity contribution in [3.63, 3.8) is 0 Å². The van der Waals surface area contributed by atoms with Gasteiger partial charge in [0.2, 0.25) is 0 Å². The van der Waals surface area contributed by atoms with Gasteiger partial charge < -0.3 is 9.53 Å². The normalized spacial score (nSPS) is 11.2. The van der Waals surface area contributed by atoms with Gasteiger partial charge in [0.25, 0.3) is 0 Å². The first-order valence-corrected chi connectivity index (χ1v) is 4.72. The summed E-state index contributed by atoms with van der Waals surface area (Å²) in [5.74, 6) is 0.0221. The molecule has 0 saturated carbocycles. The molecular weight excluding hydrogens is 245 g/mol. The lowest BCUT2D eigenvalue weighted by atomic mass is 10.1. The maximum absolute atomic E-state index is 11.9. The molecule has 0 aliphatic rings. The van der Waals surface area contributed by atoms with Gasteiger partial charge in [-0.25, -0.2) is 0 Å². The highest BCUT2D eigenvalue weighted by Gasteiger charge is 2.28. The second-order valence-corrected chi connectivity index (χ2v) is 3.46. The van der Waals surface area contributed by atoms with E-state index in [1.165, 1.54) is 18.2 Å². The predicted octanol–water partition coefficient (Wildman–Crippen LogP) is 3.02. The van der Waals surface area contributed by atoms with Crippen LogP contribution in [0.25, 0.3) is 0 Å². The molecule has 0 aromatic heterocycles. The van der Waals surface area contributed by atoms with Crippen molar-refractivity contribution in [1.82, 2.24) is 0 Å². The molecule has 0 bridgehead atoms. The van der Waals surface area contributed by atoms with Crippen molar-refractivity contribution in [2.24, 2.45) is 0 Å². The van der Waals surface area contributed by atoms with E-state index in [1.54, 1.807) is 0 Å². The largest absolute Gasteiger partial charge is 0.484 e. The van der Waals surface area contributed by atoms with Gasteiger partial charge in [0.1, 0.15) is 12.0 Å². The molecule has 0 atom stereocenters. The minimum Gasteiger partial charge on any atom is -0.484 e. The topological polar surface area (TPSA) is 26.3 Å². The van der Waals surface area contributed by atoms with E-state index in [0.29, 0.717) is 16.9 Å². The first kappa shape index (κ1) is 12.8. The molecule has 0 unspecified atom stereocenters. The Balaban J connectivity index is 2.82. The smallest absolute Gasteiger partial charge is 0.422 e. The first-order valence-electron chi connectivity index (χ1n) is 4.34. The molecular formula is C10H8ClF3O2. The molecule has 0 saturated heterocycles. The number of aldehydes is 1. The van der Waals surface area contributed by atoms with Gasteiger partial charge >= 0.3 is 6.18 Å². The highest BCUT2D eigenvalue weighted by molar-refractivity contribution is 6.30. The van der Waals surface area contributed by atoms with Crippen LogP contribution in [0.4, 0.5) is 13.2 Å². The minimum atomic E-state index is -4.40. The maximum atomic E-state index is 11.9. The van der Waals surface area contributed by atoms with Gasteiger partial charge in [-0.1, -0.05) is 11.6 Å². The number of hydrogen-bond donors (Lipinski definition) is 0. The number of carbonyl (C=O) groups excluding carboxylic acids is 1. The standard InChI is InChI=1S/C10H8ClF3O2/c11-8-1-2-9(7(5-8)3-4-15)16-6-10(12,13)14/h1-2,4-5H,3,6H2. The zero-order valence-electron chi connectivity index (χ0n) is 8.05. The van der Waals surface area contributed by atoms with Crippen LogP contribution in [0, 0.1) is 0 Å². The summed E-state index contributed by atoms with van der Waals surface area (Å²) in [5.41, 5.74) is 0.340. The molecule has 2 nitrogen and oxygen atoms in total. The summed E-state index contributed by atoms with van der Waals surface area (Å²) in [6.07, 6.45) is -3.86. The van der Waals surface area contributed by atoms with Crippen molar-refractivity contribution in [3.8, 4) is 5.75 Å². The van der Waals surface area contributed by atoms with E-state index in [4.69, 9.17) is 11.6 Å². The van der Waals surface area contributed by atoms with Gasteiger partial charge in [-0.3, -0.25) is 0 Å². The third-order valence-corrected chi connectivity index (χ3v) is 1.95. The van der Waals surface area contributed by atoms with Gasteiger partial charge in [0.15, 0.2) is 6.61 Å². The molecule has 0 fully saturated rings. The first-order chi connectivity index (χ1) is 7.42. The summed E-state index contributed by atoms with van der Waals surface area (Å²) in [6, 6.07) is 4.12. The predicted molar refractivity (Wildman–Crippen MR) is 52.8 cm³/mol. The lowest BCUT2D eigenvalue weighted by molar-refractivity contribution is -0.153. The van der Waals surface area contributed by atoms with Crippen molar-refractivity contribution >= 4 is 17.9 Å². The van der Waals surface area contributed by atoms with E-state index in [0.717, 1.165) is 0 Å². The number of rotatable bonds is 4. The SMILES string of the molecule is O=CCc1cc(Cl)ccc1OCC(F)(F)F. The Kier molecular flexibility index (Phi) is 4.18. The third-order valence-electron chi connectivity index (χ3n) is 1.72. The van der Waals surface area contributed by atoms with Crippen LogP contribution in [0.5, 0.6) is 5.75 Å². The van der Waals surface area contributed by atoms with Gasteiger partial charge in [-0.05, 0) is 18.2 Å². The summed E-state index contributed by atoms with van der Waals surface area (Å²) in [6.45, 7) is -1.39. The second-order valence-electron chi connectivity index (χ2n) is 3.03. The number of carbonyl (C=O) groups is 1. The lowest BCUT2D eigenvalue weighted by Crippen LogP contribution is -2.19. The Bertz CT molecular complexity index is 377. The number of halogens is 4. The van der Waals surface area contributed by atoms with Crippen molar-refractivity contribution in [3.05, 3.63) is 28.8 Å². The number of ether oxygens (including phenoxy) is 1. The number of benzene rings is 1. The average Bonchev–Trinajstić information content (AvgIpc) is 2.15. The fraction of sp³-hybridized carbons (Fsp3) is 0.300. The Morgan fingerprint density at radius 2 is 2.06 bits per heavy atom. The van der Waals surface area contributed by atoms with Crippen LogP contribution in [0.15, 0.2) is 18.2 Å². The van der Waals surface area contributed by atoms with Gasteiger partial charge in [0, 0.05) is 17.0 Å². The molecule has 1 aromatic carbocycles. The molecule has 1 aromatic rings. The molecule has 0 N–H and O–H groups in total. The summed E-state index contributed by atoms with van der Waals surface area (Å²) < 4.78 is 40.3. The van der Waals surface area contributed by atoms with Crippen LogP contribution in [0.2, 0.25) is 5.02 Å². The van der Waals surface area contributed by atoms with E-state index in [1.807, 2.05) is 0 Å². The van der Waals surface area contributed by atoms with E-state index in [-0.39, 0.29) is 12.2 Å². The highest BCUT2D eigenvalue weighted by Crippen LogP contribution is 2.25. The third kappa shape index (κ3) is 4.10. The Morgan fingerprint density at radius 1 is 1.38 bits per heavy atom. The molecule has 0 amide bonds. The van der Waals surface area contributed by atoms with E-state index >= 15 is 0 Å².